The third kappa shape index (κ3) is 2.41. The topological polar surface area (TPSA) is 37.4 Å². The zero-order valence-corrected chi connectivity index (χ0v) is 13.5. The van der Waals surface area contributed by atoms with Crippen molar-refractivity contribution < 1.29 is 9.59 Å². The summed E-state index contributed by atoms with van der Waals surface area (Å²) in [6, 6.07) is 21.1. The number of carbonyl (C=O) groups excluding carboxylic acids is 2. The van der Waals surface area contributed by atoms with Gasteiger partial charge in [-0.2, -0.15) is 0 Å². The fraction of sp³-hybridized carbons (Fsp3) is 0. The molecule has 0 unspecified atom stereocenters. The fourth-order valence-electron chi connectivity index (χ4n) is 2.84. The number of nitrogens with zero attached hydrogens (tertiary/aromatic N) is 1. The molecule has 0 saturated heterocycles. The predicted molar refractivity (Wildman–Crippen MR) is 97.2 cm³/mol. The van der Waals surface area contributed by atoms with E-state index >= 15 is 0 Å². The van der Waals surface area contributed by atoms with Gasteiger partial charge in [-0.1, -0.05) is 60.3 Å². The highest BCUT2D eigenvalue weighted by Gasteiger charge is 2.26. The molecule has 0 aliphatic carbocycles. The molecular weight excluding hydrogens is 318 g/mol. The molecule has 0 N–H and O–H groups in total. The number of anilines is 1. The minimum absolute atomic E-state index is 0.0392. The van der Waals surface area contributed by atoms with Crippen LogP contribution in [0.25, 0.3) is 10.8 Å². The number of ketones is 1. The van der Waals surface area contributed by atoms with E-state index in [9.17, 15) is 9.59 Å². The number of rotatable bonds is 3. The number of Topliss-reactive ketones (excluding diaryl/α,β-unsaturated/α-hetero) is 1. The molecule has 0 bridgehead atoms. The Morgan fingerprint density at radius 3 is 2.46 bits per heavy atom. The van der Waals surface area contributed by atoms with Crippen molar-refractivity contribution in [2.45, 2.75) is 4.90 Å². The van der Waals surface area contributed by atoms with Gasteiger partial charge >= 0.3 is 0 Å². The molecule has 1 heterocycles. The van der Waals surface area contributed by atoms with Crippen LogP contribution in [0.5, 0.6) is 0 Å². The zero-order chi connectivity index (χ0) is 16.5. The van der Waals surface area contributed by atoms with Gasteiger partial charge in [-0.15, -0.1) is 0 Å². The second-order valence-corrected chi connectivity index (χ2v) is 6.52. The first-order valence-corrected chi connectivity index (χ1v) is 8.34. The summed E-state index contributed by atoms with van der Waals surface area (Å²) in [6.45, 7) is 0. The molecule has 24 heavy (non-hydrogen) atoms. The molecule has 4 rings (SSSR count). The minimum atomic E-state index is -0.0392. The normalized spacial score (nSPS) is 14.8. The number of benzene rings is 3. The van der Waals surface area contributed by atoms with E-state index in [0.717, 1.165) is 27.8 Å². The molecule has 0 spiro atoms. The second kappa shape index (κ2) is 5.98. The molecule has 4 heteroatoms. The molecule has 0 saturated carbocycles. The van der Waals surface area contributed by atoms with E-state index in [-0.39, 0.29) is 5.78 Å². The molecule has 0 radical (unpaired) electrons. The van der Waals surface area contributed by atoms with Crippen LogP contribution in [0.3, 0.4) is 0 Å². The number of thioether (sulfide) groups is 1. The number of amides is 1. The highest BCUT2D eigenvalue weighted by molar-refractivity contribution is 8.04. The van der Waals surface area contributed by atoms with Crippen molar-refractivity contribution in [2.75, 3.05) is 4.90 Å². The maximum absolute atomic E-state index is 12.5. The lowest BCUT2D eigenvalue weighted by atomic mass is 10.1. The molecule has 1 aliphatic heterocycles. The summed E-state index contributed by atoms with van der Waals surface area (Å²) in [5.41, 5.74) is 1.46. The molecule has 1 aliphatic rings. The molecule has 3 nitrogen and oxygen atoms in total. The Balaban J connectivity index is 1.78. The molecule has 3 aromatic carbocycles. The highest BCUT2D eigenvalue weighted by Crippen LogP contribution is 2.40. The average molecular weight is 331 g/mol. The monoisotopic (exact) mass is 331 g/mol. The smallest absolute Gasteiger partial charge is 0.218 e. The van der Waals surface area contributed by atoms with Crippen LogP contribution in [0.1, 0.15) is 10.4 Å². The molecule has 116 valence electrons. The van der Waals surface area contributed by atoms with Crippen molar-refractivity contribution in [3.8, 4) is 0 Å². The van der Waals surface area contributed by atoms with Gasteiger partial charge in [0.2, 0.25) is 12.2 Å². The van der Waals surface area contributed by atoms with Crippen molar-refractivity contribution in [3.05, 3.63) is 83.4 Å². The minimum Gasteiger partial charge on any atom is -0.289 e. The van der Waals surface area contributed by atoms with E-state index in [1.165, 1.54) is 16.7 Å². The lowest BCUT2D eigenvalue weighted by Gasteiger charge is -2.16. The van der Waals surface area contributed by atoms with Crippen LogP contribution in [0.4, 0.5) is 5.69 Å². The van der Waals surface area contributed by atoms with Crippen molar-refractivity contribution in [1.29, 1.82) is 0 Å². The maximum atomic E-state index is 12.5. The van der Waals surface area contributed by atoms with Crippen LogP contribution in [0.2, 0.25) is 0 Å². The Kier molecular flexibility index (Phi) is 3.67. The van der Waals surface area contributed by atoms with Gasteiger partial charge in [0.05, 0.1) is 10.6 Å². The zero-order valence-electron chi connectivity index (χ0n) is 12.7. The van der Waals surface area contributed by atoms with Gasteiger partial charge in [0.15, 0.2) is 0 Å². The lowest BCUT2D eigenvalue weighted by molar-refractivity contribution is -0.106. The Morgan fingerprint density at radius 2 is 1.62 bits per heavy atom. The fourth-order valence-corrected chi connectivity index (χ4v) is 3.87. The van der Waals surface area contributed by atoms with Crippen LogP contribution in [0, 0.1) is 0 Å². The van der Waals surface area contributed by atoms with E-state index in [0.29, 0.717) is 10.5 Å². The van der Waals surface area contributed by atoms with E-state index in [1.54, 1.807) is 6.20 Å². The predicted octanol–water partition coefficient (Wildman–Crippen LogP) is 4.63. The lowest BCUT2D eigenvalue weighted by Crippen LogP contribution is -2.15. The third-order valence-corrected chi connectivity index (χ3v) is 5.08. The average Bonchev–Trinajstić information content (AvgIpc) is 2.95. The standard InChI is InChI=1S/C20H13NO2S/c22-13-21(17-10-5-7-14-6-1-2-8-15(14)17)12-19-20(23)16-9-3-4-11-18(16)24-19/h1-13H/b19-12-. The van der Waals surface area contributed by atoms with E-state index in [4.69, 9.17) is 0 Å². The Labute approximate surface area is 143 Å². The van der Waals surface area contributed by atoms with Gasteiger partial charge < -0.3 is 0 Å². The van der Waals surface area contributed by atoms with Crippen LogP contribution < -0.4 is 4.90 Å². The van der Waals surface area contributed by atoms with Crippen molar-refractivity contribution >= 4 is 40.4 Å². The van der Waals surface area contributed by atoms with E-state index in [1.807, 2.05) is 66.7 Å². The van der Waals surface area contributed by atoms with Gasteiger partial charge in [0, 0.05) is 22.0 Å². The Hall–Kier alpha value is -2.85. The molecule has 0 atom stereocenters. The van der Waals surface area contributed by atoms with Gasteiger partial charge in [-0.3, -0.25) is 14.5 Å². The highest BCUT2D eigenvalue weighted by atomic mass is 32.2. The largest absolute Gasteiger partial charge is 0.289 e. The summed E-state index contributed by atoms with van der Waals surface area (Å²) < 4.78 is 0. The summed E-state index contributed by atoms with van der Waals surface area (Å²) in [7, 11) is 0. The van der Waals surface area contributed by atoms with Gasteiger partial charge in [0.25, 0.3) is 0 Å². The first-order valence-electron chi connectivity index (χ1n) is 7.53. The number of carbonyl (C=O) groups is 2. The Bertz CT molecular complexity index is 988. The third-order valence-electron chi connectivity index (χ3n) is 3.99. The summed E-state index contributed by atoms with van der Waals surface area (Å²) in [5.74, 6) is -0.0392. The summed E-state index contributed by atoms with van der Waals surface area (Å²) in [6.07, 6.45) is 2.37. The molecule has 1 amide bonds. The van der Waals surface area contributed by atoms with Gasteiger partial charge in [-0.25, -0.2) is 0 Å². The van der Waals surface area contributed by atoms with Crippen LogP contribution in [-0.4, -0.2) is 12.2 Å². The maximum Gasteiger partial charge on any atom is 0.218 e. The molecule has 0 aromatic heterocycles. The van der Waals surface area contributed by atoms with Crippen molar-refractivity contribution in [2.24, 2.45) is 0 Å². The SMILES string of the molecule is O=CN(/C=C1\Sc2ccccc2C1=O)c1cccc2ccccc12. The molecule has 3 aromatic rings. The van der Waals surface area contributed by atoms with E-state index < -0.39 is 0 Å². The second-order valence-electron chi connectivity index (χ2n) is 5.43. The first-order chi connectivity index (χ1) is 11.8. The number of hydrogen-bond donors (Lipinski definition) is 0. The van der Waals surface area contributed by atoms with Crippen molar-refractivity contribution in [3.63, 3.8) is 0 Å². The molecular formula is C20H13NO2S. The summed E-state index contributed by atoms with van der Waals surface area (Å²) >= 11 is 1.40. The van der Waals surface area contributed by atoms with Crippen LogP contribution in [0.15, 0.2) is 82.7 Å². The first kappa shape index (κ1) is 14.7. The van der Waals surface area contributed by atoms with Gasteiger partial charge in [0.1, 0.15) is 0 Å². The number of allylic oxidation sites excluding steroid dienone is 1. The van der Waals surface area contributed by atoms with Crippen molar-refractivity contribution in [1.82, 2.24) is 0 Å². The summed E-state index contributed by atoms with van der Waals surface area (Å²) in [4.78, 5) is 27.1. The molecule has 0 fully saturated rings. The van der Waals surface area contributed by atoms with Crippen LogP contribution >= 0.6 is 11.8 Å². The number of hydrogen-bond acceptors (Lipinski definition) is 3. The van der Waals surface area contributed by atoms with Gasteiger partial charge in [-0.05, 0) is 23.6 Å². The van der Waals surface area contributed by atoms with Crippen LogP contribution in [-0.2, 0) is 4.79 Å². The quantitative estimate of drug-likeness (QED) is 0.518. The van der Waals surface area contributed by atoms with E-state index in [2.05, 4.69) is 0 Å². The Morgan fingerprint density at radius 1 is 0.875 bits per heavy atom. The summed E-state index contributed by atoms with van der Waals surface area (Å²) in [5, 5.41) is 2.02. The number of fused-ring (bicyclic) bond motifs is 2.